The van der Waals surface area contributed by atoms with Crippen molar-refractivity contribution in [3.63, 3.8) is 0 Å². The maximum absolute atomic E-state index is 12.3. The maximum Gasteiger partial charge on any atom is 0.387 e. The molecule has 0 aliphatic rings. The quantitative estimate of drug-likeness (QED) is 0.500. The van der Waals surface area contributed by atoms with E-state index < -0.39 is 11.5 Å². The van der Waals surface area contributed by atoms with E-state index in [2.05, 4.69) is 10.1 Å². The summed E-state index contributed by atoms with van der Waals surface area (Å²) in [4.78, 5) is 10.0. The van der Waals surface area contributed by atoms with Crippen molar-refractivity contribution in [2.45, 2.75) is 6.61 Å². The Morgan fingerprint density at radius 1 is 1.19 bits per heavy atom. The lowest BCUT2D eigenvalue weighted by Gasteiger charge is -2.13. The number of nitrogens with two attached hydrogens (primary N) is 1. The van der Waals surface area contributed by atoms with Crippen LogP contribution in [0.3, 0.4) is 0 Å². The highest BCUT2D eigenvalue weighted by atomic mass is 19.3. The van der Waals surface area contributed by atoms with E-state index in [1.54, 1.807) is 12.1 Å². The Bertz CT molecular complexity index is 665. The lowest BCUT2D eigenvalue weighted by Crippen LogP contribution is -2.05. The minimum absolute atomic E-state index is 0.0507. The number of nitrogen functional groups attached to an aromatic ring is 1. The van der Waals surface area contributed by atoms with Gasteiger partial charge < -0.3 is 15.8 Å². The van der Waals surface area contributed by atoms with Crippen LogP contribution in [0, 0.1) is 10.1 Å². The Morgan fingerprint density at radius 3 is 2.52 bits per heavy atom. The van der Waals surface area contributed by atoms with E-state index in [1.807, 2.05) is 0 Å². The molecular weight excluding hydrogens is 284 g/mol. The number of non-ortho nitro benzene ring substituents is 1. The van der Waals surface area contributed by atoms with Crippen LogP contribution in [0.5, 0.6) is 5.75 Å². The number of hydrogen-bond acceptors (Lipinski definition) is 5. The SMILES string of the molecule is Nc1cc([N+](=O)[O-])ccc1Nc1ccccc1OC(F)F. The Labute approximate surface area is 118 Å². The van der Waals surface area contributed by atoms with Crippen molar-refractivity contribution in [3.05, 3.63) is 52.6 Å². The van der Waals surface area contributed by atoms with Crippen molar-refractivity contribution in [1.29, 1.82) is 0 Å². The molecule has 0 atom stereocenters. The second-order valence-corrected chi connectivity index (χ2v) is 4.03. The van der Waals surface area contributed by atoms with Gasteiger partial charge in [0.1, 0.15) is 5.75 Å². The van der Waals surface area contributed by atoms with Crippen molar-refractivity contribution in [3.8, 4) is 5.75 Å². The average molecular weight is 295 g/mol. The van der Waals surface area contributed by atoms with E-state index in [0.29, 0.717) is 5.69 Å². The third-order valence-corrected chi connectivity index (χ3v) is 2.62. The number of benzene rings is 2. The monoisotopic (exact) mass is 295 g/mol. The number of rotatable bonds is 5. The molecule has 0 amide bonds. The Balaban J connectivity index is 2.28. The Kier molecular flexibility index (Phi) is 4.17. The normalized spacial score (nSPS) is 10.4. The van der Waals surface area contributed by atoms with Gasteiger partial charge in [0.25, 0.3) is 5.69 Å². The average Bonchev–Trinajstić information content (AvgIpc) is 2.42. The van der Waals surface area contributed by atoms with E-state index in [0.717, 1.165) is 0 Å². The Hall–Kier alpha value is -2.90. The molecule has 0 bridgehead atoms. The molecule has 0 fully saturated rings. The van der Waals surface area contributed by atoms with Crippen molar-refractivity contribution in [2.75, 3.05) is 11.1 Å². The molecular formula is C13H11F2N3O3. The molecule has 0 aromatic heterocycles. The van der Waals surface area contributed by atoms with Crippen LogP contribution in [-0.2, 0) is 0 Å². The van der Waals surface area contributed by atoms with Gasteiger partial charge in [0.2, 0.25) is 0 Å². The van der Waals surface area contributed by atoms with Crippen LogP contribution < -0.4 is 15.8 Å². The van der Waals surface area contributed by atoms with Crippen LogP contribution >= 0.6 is 0 Å². The van der Waals surface area contributed by atoms with Gasteiger partial charge in [-0.05, 0) is 18.2 Å². The molecule has 0 aliphatic heterocycles. The van der Waals surface area contributed by atoms with Crippen molar-refractivity contribution in [1.82, 2.24) is 0 Å². The second-order valence-electron chi connectivity index (χ2n) is 4.03. The maximum atomic E-state index is 12.3. The molecule has 0 unspecified atom stereocenters. The summed E-state index contributed by atoms with van der Waals surface area (Å²) in [5, 5.41) is 13.4. The third kappa shape index (κ3) is 3.56. The summed E-state index contributed by atoms with van der Waals surface area (Å²) in [5.41, 5.74) is 6.30. The molecule has 3 N–H and O–H groups in total. The molecule has 21 heavy (non-hydrogen) atoms. The minimum Gasteiger partial charge on any atom is -0.433 e. The first kappa shape index (κ1) is 14.5. The topological polar surface area (TPSA) is 90.4 Å². The van der Waals surface area contributed by atoms with Crippen molar-refractivity contribution >= 4 is 22.7 Å². The number of anilines is 3. The summed E-state index contributed by atoms with van der Waals surface area (Å²) in [6.45, 7) is -2.96. The minimum atomic E-state index is -2.96. The van der Waals surface area contributed by atoms with Crippen LogP contribution in [0.4, 0.5) is 31.5 Å². The summed E-state index contributed by atoms with van der Waals surface area (Å²) in [6.07, 6.45) is 0. The number of alkyl halides is 2. The number of halogens is 2. The first-order valence-electron chi connectivity index (χ1n) is 5.82. The number of nitro groups is 1. The fraction of sp³-hybridized carbons (Fsp3) is 0.0769. The van der Waals surface area contributed by atoms with Crippen LogP contribution in [0.25, 0.3) is 0 Å². The van der Waals surface area contributed by atoms with Crippen LogP contribution in [0.15, 0.2) is 42.5 Å². The molecule has 0 saturated heterocycles. The zero-order chi connectivity index (χ0) is 15.4. The molecule has 0 heterocycles. The first-order valence-corrected chi connectivity index (χ1v) is 5.82. The zero-order valence-corrected chi connectivity index (χ0v) is 10.6. The summed E-state index contributed by atoms with van der Waals surface area (Å²) in [5.74, 6) is -0.0507. The lowest BCUT2D eigenvalue weighted by molar-refractivity contribution is -0.384. The molecule has 6 nitrogen and oxygen atoms in total. The predicted octanol–water partition coefficient (Wildman–Crippen LogP) is 3.52. The van der Waals surface area contributed by atoms with E-state index in [4.69, 9.17) is 5.73 Å². The van der Waals surface area contributed by atoms with E-state index in [9.17, 15) is 18.9 Å². The molecule has 0 aliphatic carbocycles. The summed E-state index contributed by atoms with van der Waals surface area (Å²) >= 11 is 0. The highest BCUT2D eigenvalue weighted by Crippen LogP contribution is 2.32. The smallest absolute Gasteiger partial charge is 0.387 e. The third-order valence-electron chi connectivity index (χ3n) is 2.62. The van der Waals surface area contributed by atoms with Gasteiger partial charge in [-0.25, -0.2) is 0 Å². The van der Waals surface area contributed by atoms with Gasteiger partial charge in [-0.3, -0.25) is 10.1 Å². The highest BCUT2D eigenvalue weighted by molar-refractivity contribution is 5.76. The molecule has 110 valence electrons. The fourth-order valence-corrected chi connectivity index (χ4v) is 1.69. The van der Waals surface area contributed by atoms with Gasteiger partial charge in [0.15, 0.2) is 0 Å². The number of nitro benzene ring substituents is 1. The predicted molar refractivity (Wildman–Crippen MR) is 73.9 cm³/mol. The number of nitrogens with one attached hydrogen (secondary N) is 1. The number of hydrogen-bond donors (Lipinski definition) is 2. The standard InChI is InChI=1S/C13H11F2N3O3/c14-13(15)21-12-4-2-1-3-11(12)17-10-6-5-8(18(19)20)7-9(10)16/h1-7,13,17H,16H2. The van der Waals surface area contributed by atoms with Crippen LogP contribution in [0.2, 0.25) is 0 Å². The largest absolute Gasteiger partial charge is 0.433 e. The fourth-order valence-electron chi connectivity index (χ4n) is 1.69. The molecule has 2 aromatic carbocycles. The van der Waals surface area contributed by atoms with Gasteiger partial charge in [0.05, 0.1) is 22.0 Å². The molecule has 0 radical (unpaired) electrons. The summed E-state index contributed by atoms with van der Waals surface area (Å²) in [6, 6.07) is 9.90. The molecule has 0 spiro atoms. The first-order chi connectivity index (χ1) is 9.97. The van der Waals surface area contributed by atoms with Gasteiger partial charge >= 0.3 is 6.61 Å². The highest BCUT2D eigenvalue weighted by Gasteiger charge is 2.12. The van der Waals surface area contributed by atoms with E-state index in [1.165, 1.54) is 30.3 Å². The van der Waals surface area contributed by atoms with Crippen molar-refractivity contribution in [2.24, 2.45) is 0 Å². The summed E-state index contributed by atoms with van der Waals surface area (Å²) < 4.78 is 29.0. The zero-order valence-electron chi connectivity index (χ0n) is 10.6. The summed E-state index contributed by atoms with van der Waals surface area (Å²) in [7, 11) is 0. The van der Waals surface area contributed by atoms with Gasteiger partial charge in [-0.1, -0.05) is 12.1 Å². The number of ether oxygens (including phenoxy) is 1. The molecule has 2 rings (SSSR count). The Morgan fingerprint density at radius 2 is 1.90 bits per heavy atom. The molecule has 0 saturated carbocycles. The van der Waals surface area contributed by atoms with Crippen LogP contribution in [0.1, 0.15) is 0 Å². The van der Waals surface area contributed by atoms with E-state index >= 15 is 0 Å². The molecule has 8 heteroatoms. The lowest BCUT2D eigenvalue weighted by atomic mass is 10.2. The molecule has 2 aromatic rings. The van der Waals surface area contributed by atoms with Gasteiger partial charge in [0, 0.05) is 12.1 Å². The number of nitrogens with zero attached hydrogens (tertiary/aromatic N) is 1. The van der Waals surface area contributed by atoms with Crippen LogP contribution in [-0.4, -0.2) is 11.5 Å². The van der Waals surface area contributed by atoms with Gasteiger partial charge in [-0.15, -0.1) is 0 Å². The second kappa shape index (κ2) is 6.04. The van der Waals surface area contributed by atoms with Crippen molar-refractivity contribution < 1.29 is 18.4 Å². The van der Waals surface area contributed by atoms with Gasteiger partial charge in [-0.2, -0.15) is 8.78 Å². The van der Waals surface area contributed by atoms with E-state index in [-0.39, 0.29) is 22.8 Å². The number of para-hydroxylation sites is 2.